The number of benzene rings is 1. The van der Waals surface area contributed by atoms with Crippen LogP contribution in [0.25, 0.3) is 28.2 Å². The Morgan fingerprint density at radius 3 is 2.38 bits per heavy atom. The summed E-state index contributed by atoms with van der Waals surface area (Å²) >= 11 is 0. The number of hydrogen-bond donors (Lipinski definition) is 1. The van der Waals surface area contributed by atoms with Gasteiger partial charge in [0.05, 0.1) is 5.69 Å². The highest BCUT2D eigenvalue weighted by Gasteiger charge is 2.19. The van der Waals surface area contributed by atoms with Crippen molar-refractivity contribution in [1.82, 2.24) is 23.5 Å². The summed E-state index contributed by atoms with van der Waals surface area (Å²) in [5.74, 6) is 0.564. The number of aromatic amines is 1. The third-order valence-electron chi connectivity index (χ3n) is 4.54. The van der Waals surface area contributed by atoms with Gasteiger partial charge in [-0.05, 0) is 18.4 Å². The monoisotopic (exact) mass is 351 g/mol. The Hall–Kier alpha value is -3.09. The number of nitrogens with zero attached hydrogens (tertiary/aromatic N) is 4. The van der Waals surface area contributed by atoms with E-state index in [4.69, 9.17) is 0 Å². The van der Waals surface area contributed by atoms with Crippen molar-refractivity contribution in [2.24, 2.45) is 0 Å². The van der Waals surface area contributed by atoms with Crippen LogP contribution < -0.4 is 11.2 Å². The molecule has 0 amide bonds. The molecule has 0 unspecified atom stereocenters. The molecule has 4 aromatic rings. The Balaban J connectivity index is 2.05. The zero-order valence-electron chi connectivity index (χ0n) is 14.9. The number of hydrogen-bond acceptors (Lipinski definition) is 3. The lowest BCUT2D eigenvalue weighted by atomic mass is 10.2. The first-order valence-electron chi connectivity index (χ1n) is 8.95. The minimum absolute atomic E-state index is 0.282. The summed E-state index contributed by atoms with van der Waals surface area (Å²) in [5, 5.41) is 0. The van der Waals surface area contributed by atoms with Gasteiger partial charge in [0.1, 0.15) is 0 Å². The number of nitrogens with one attached hydrogen (secondary N) is 1. The highest BCUT2D eigenvalue weighted by Crippen LogP contribution is 2.21. The Kier molecular flexibility index (Phi) is 3.99. The molecule has 3 aromatic heterocycles. The lowest BCUT2D eigenvalue weighted by molar-refractivity contribution is 0.555. The fourth-order valence-electron chi connectivity index (χ4n) is 3.36. The minimum Gasteiger partial charge on any atom is -0.323 e. The minimum atomic E-state index is -0.287. The molecule has 0 radical (unpaired) electrons. The number of aryl methyl sites for hydroxylation is 1. The van der Waals surface area contributed by atoms with Crippen LogP contribution in [0.2, 0.25) is 0 Å². The average molecular weight is 351 g/mol. The Labute approximate surface area is 149 Å². The Morgan fingerprint density at radius 2 is 1.69 bits per heavy atom. The van der Waals surface area contributed by atoms with E-state index in [0.29, 0.717) is 30.0 Å². The molecular formula is C19H21N5O2. The van der Waals surface area contributed by atoms with Crippen molar-refractivity contribution < 1.29 is 0 Å². The number of aromatic nitrogens is 5. The van der Waals surface area contributed by atoms with E-state index in [9.17, 15) is 9.59 Å². The topological polar surface area (TPSA) is 77.1 Å². The summed E-state index contributed by atoms with van der Waals surface area (Å²) in [5.41, 5.74) is 2.21. The molecule has 0 saturated carbocycles. The molecule has 0 spiro atoms. The van der Waals surface area contributed by atoms with E-state index < -0.39 is 0 Å². The van der Waals surface area contributed by atoms with Gasteiger partial charge in [-0.15, -0.1) is 0 Å². The number of rotatable bonds is 5. The van der Waals surface area contributed by atoms with Gasteiger partial charge in [-0.25, -0.2) is 4.79 Å². The first kappa shape index (κ1) is 16.4. The van der Waals surface area contributed by atoms with E-state index in [1.165, 1.54) is 4.57 Å². The zero-order valence-corrected chi connectivity index (χ0v) is 14.9. The molecule has 1 aromatic carbocycles. The fraction of sp³-hybridized carbons (Fsp3) is 0.316. The lowest BCUT2D eigenvalue weighted by Gasteiger charge is -2.09. The molecule has 3 heterocycles. The molecule has 0 aliphatic heterocycles. The molecule has 7 nitrogen and oxygen atoms in total. The van der Waals surface area contributed by atoms with Crippen molar-refractivity contribution in [1.29, 1.82) is 0 Å². The van der Waals surface area contributed by atoms with Gasteiger partial charge in [0, 0.05) is 19.3 Å². The van der Waals surface area contributed by atoms with Gasteiger partial charge in [-0.1, -0.05) is 44.2 Å². The van der Waals surface area contributed by atoms with Crippen molar-refractivity contribution in [3.05, 3.63) is 57.4 Å². The highest BCUT2D eigenvalue weighted by molar-refractivity contribution is 5.77. The van der Waals surface area contributed by atoms with Crippen LogP contribution in [0.3, 0.4) is 0 Å². The van der Waals surface area contributed by atoms with E-state index in [2.05, 4.69) is 9.97 Å². The summed E-state index contributed by atoms with van der Waals surface area (Å²) in [6, 6.07) is 9.87. The van der Waals surface area contributed by atoms with Crippen molar-refractivity contribution in [3.63, 3.8) is 0 Å². The number of H-pyrrole nitrogens is 1. The van der Waals surface area contributed by atoms with Crippen LogP contribution >= 0.6 is 0 Å². The Bertz CT molecular complexity index is 1190. The third kappa shape index (κ3) is 2.39. The first-order valence-corrected chi connectivity index (χ1v) is 8.95. The van der Waals surface area contributed by atoms with Crippen molar-refractivity contribution in [2.45, 2.75) is 39.8 Å². The second-order valence-electron chi connectivity index (χ2n) is 6.40. The number of fused-ring (bicyclic) bond motifs is 3. The van der Waals surface area contributed by atoms with E-state index in [1.54, 1.807) is 8.97 Å². The van der Waals surface area contributed by atoms with Gasteiger partial charge in [-0.2, -0.15) is 4.98 Å². The zero-order chi connectivity index (χ0) is 18.3. The molecule has 0 bridgehead atoms. The molecule has 0 fully saturated rings. The van der Waals surface area contributed by atoms with Crippen LogP contribution in [0.5, 0.6) is 0 Å². The smallest absolute Gasteiger partial charge is 0.323 e. The molecule has 134 valence electrons. The quantitative estimate of drug-likeness (QED) is 0.600. The van der Waals surface area contributed by atoms with E-state index >= 15 is 0 Å². The third-order valence-corrected chi connectivity index (χ3v) is 4.54. The fourth-order valence-corrected chi connectivity index (χ4v) is 3.36. The SMILES string of the molecule is CCCn1c(=O)c2c(nc3[nH]c(-c4ccccc4)cn32)n(CCC)c1=O. The summed E-state index contributed by atoms with van der Waals surface area (Å²) in [6.07, 6.45) is 3.38. The predicted molar refractivity (Wildman–Crippen MR) is 102 cm³/mol. The summed E-state index contributed by atoms with van der Waals surface area (Å²) in [7, 11) is 0. The number of imidazole rings is 2. The van der Waals surface area contributed by atoms with Crippen LogP contribution in [0, 0.1) is 0 Å². The Morgan fingerprint density at radius 1 is 1.00 bits per heavy atom. The van der Waals surface area contributed by atoms with Gasteiger partial charge in [-0.3, -0.25) is 18.3 Å². The maximum atomic E-state index is 13.0. The predicted octanol–water partition coefficient (Wildman–Crippen LogP) is 2.63. The van der Waals surface area contributed by atoms with Gasteiger partial charge >= 0.3 is 5.69 Å². The standard InChI is InChI=1S/C19H21N5O2/c1-3-10-22-16-15(17(25)23(11-4-2)19(22)26)24-12-14(20-18(24)21-16)13-8-6-5-7-9-13/h5-9,12H,3-4,10-11H2,1-2H3,(H,20,21). The van der Waals surface area contributed by atoms with Gasteiger partial charge in [0.25, 0.3) is 5.56 Å². The van der Waals surface area contributed by atoms with Gasteiger partial charge in [0.2, 0.25) is 5.78 Å². The molecule has 0 atom stereocenters. The molecule has 7 heteroatoms. The summed E-state index contributed by atoms with van der Waals surface area (Å²) in [4.78, 5) is 33.5. The second-order valence-corrected chi connectivity index (χ2v) is 6.40. The van der Waals surface area contributed by atoms with Crippen molar-refractivity contribution >= 4 is 16.9 Å². The van der Waals surface area contributed by atoms with Crippen LogP contribution in [0.15, 0.2) is 46.1 Å². The normalized spacial score (nSPS) is 11.6. The van der Waals surface area contributed by atoms with Crippen molar-refractivity contribution in [3.8, 4) is 11.3 Å². The maximum absolute atomic E-state index is 13.0. The van der Waals surface area contributed by atoms with Crippen LogP contribution in [0.1, 0.15) is 26.7 Å². The highest BCUT2D eigenvalue weighted by atomic mass is 16.2. The van der Waals surface area contributed by atoms with Gasteiger partial charge < -0.3 is 4.98 Å². The molecular weight excluding hydrogens is 330 g/mol. The van der Waals surface area contributed by atoms with E-state index in [0.717, 1.165) is 24.1 Å². The summed E-state index contributed by atoms with van der Waals surface area (Å²) in [6.45, 7) is 4.89. The van der Waals surface area contributed by atoms with Crippen LogP contribution in [-0.4, -0.2) is 23.5 Å². The van der Waals surface area contributed by atoms with E-state index in [-0.39, 0.29) is 11.2 Å². The average Bonchev–Trinajstić information content (AvgIpc) is 3.21. The molecule has 0 aliphatic carbocycles. The van der Waals surface area contributed by atoms with E-state index in [1.807, 2.05) is 50.4 Å². The molecule has 26 heavy (non-hydrogen) atoms. The molecule has 1 N–H and O–H groups in total. The lowest BCUT2D eigenvalue weighted by Crippen LogP contribution is -2.40. The molecule has 4 rings (SSSR count). The van der Waals surface area contributed by atoms with Crippen molar-refractivity contribution in [2.75, 3.05) is 0 Å². The second kappa shape index (κ2) is 6.33. The summed E-state index contributed by atoms with van der Waals surface area (Å²) < 4.78 is 4.69. The first-order chi connectivity index (χ1) is 12.7. The molecule has 0 saturated heterocycles. The van der Waals surface area contributed by atoms with Gasteiger partial charge in [0.15, 0.2) is 11.2 Å². The maximum Gasteiger partial charge on any atom is 0.332 e. The van der Waals surface area contributed by atoms with Crippen LogP contribution in [0.4, 0.5) is 0 Å². The van der Waals surface area contributed by atoms with Crippen LogP contribution in [-0.2, 0) is 13.1 Å². The molecule has 0 aliphatic rings. The largest absolute Gasteiger partial charge is 0.332 e.